The van der Waals surface area contributed by atoms with Crippen LogP contribution in [0.5, 0.6) is 5.75 Å². The SMILES string of the molecule is COc1cc(Br)cc(C)c1NC1CCC2(CC1)OCCO2. The van der Waals surface area contributed by atoms with Gasteiger partial charge >= 0.3 is 0 Å². The molecule has 1 spiro atoms. The Morgan fingerprint density at radius 2 is 1.90 bits per heavy atom. The maximum absolute atomic E-state index is 5.78. The molecule has 5 heteroatoms. The van der Waals surface area contributed by atoms with Gasteiger partial charge in [0.25, 0.3) is 0 Å². The summed E-state index contributed by atoms with van der Waals surface area (Å²) in [5.74, 6) is 0.590. The van der Waals surface area contributed by atoms with E-state index in [0.717, 1.165) is 54.8 Å². The van der Waals surface area contributed by atoms with Crippen LogP contribution in [0.3, 0.4) is 0 Å². The molecule has 0 aromatic heterocycles. The summed E-state index contributed by atoms with van der Waals surface area (Å²) in [6.45, 7) is 3.57. The van der Waals surface area contributed by atoms with Crippen LogP contribution in [-0.4, -0.2) is 32.2 Å². The third-order valence-corrected chi connectivity index (χ3v) is 4.85. The molecule has 3 rings (SSSR count). The van der Waals surface area contributed by atoms with Gasteiger partial charge < -0.3 is 19.5 Å². The third kappa shape index (κ3) is 3.20. The highest BCUT2D eigenvalue weighted by molar-refractivity contribution is 9.10. The molecule has 0 radical (unpaired) electrons. The number of anilines is 1. The van der Waals surface area contributed by atoms with E-state index in [2.05, 4.69) is 34.2 Å². The molecule has 2 aliphatic rings. The first-order chi connectivity index (χ1) is 10.1. The standard InChI is InChI=1S/C16H22BrNO3/c1-11-9-12(17)10-14(19-2)15(11)18-13-3-5-16(6-4-13)20-7-8-21-16/h9-10,13,18H,3-8H2,1-2H3. The summed E-state index contributed by atoms with van der Waals surface area (Å²) >= 11 is 3.51. The normalized spacial score (nSPS) is 21.7. The largest absolute Gasteiger partial charge is 0.495 e. The average Bonchev–Trinajstić information content (AvgIpc) is 2.92. The molecule has 1 aliphatic heterocycles. The first kappa shape index (κ1) is 15.1. The van der Waals surface area contributed by atoms with Gasteiger partial charge in [-0.15, -0.1) is 0 Å². The second kappa shape index (κ2) is 6.15. The first-order valence-corrected chi connectivity index (χ1v) is 8.30. The van der Waals surface area contributed by atoms with Crippen LogP contribution >= 0.6 is 15.9 Å². The van der Waals surface area contributed by atoms with Crippen molar-refractivity contribution in [3.8, 4) is 5.75 Å². The van der Waals surface area contributed by atoms with E-state index >= 15 is 0 Å². The van der Waals surface area contributed by atoms with Crippen molar-refractivity contribution in [2.45, 2.75) is 44.4 Å². The zero-order valence-corrected chi connectivity index (χ0v) is 14.2. The molecule has 1 aromatic carbocycles. The van der Waals surface area contributed by atoms with Crippen molar-refractivity contribution in [1.82, 2.24) is 0 Å². The molecule has 0 atom stereocenters. The lowest BCUT2D eigenvalue weighted by Crippen LogP contribution is -2.39. The molecule has 1 saturated carbocycles. The summed E-state index contributed by atoms with van der Waals surface area (Å²) in [6.07, 6.45) is 4.03. The minimum Gasteiger partial charge on any atom is -0.495 e. The minimum atomic E-state index is -0.295. The van der Waals surface area contributed by atoms with Crippen molar-refractivity contribution in [1.29, 1.82) is 0 Å². The topological polar surface area (TPSA) is 39.7 Å². The molecule has 4 nitrogen and oxygen atoms in total. The number of benzene rings is 1. The van der Waals surface area contributed by atoms with Crippen LogP contribution < -0.4 is 10.1 Å². The number of methoxy groups -OCH3 is 1. The Labute approximate surface area is 134 Å². The Bertz CT molecular complexity index is 504. The van der Waals surface area contributed by atoms with Crippen LogP contribution in [-0.2, 0) is 9.47 Å². The lowest BCUT2D eigenvalue weighted by molar-refractivity contribution is -0.177. The molecule has 0 amide bonds. The fraction of sp³-hybridized carbons (Fsp3) is 0.625. The van der Waals surface area contributed by atoms with Crippen LogP contribution in [0.4, 0.5) is 5.69 Å². The van der Waals surface area contributed by atoms with E-state index in [1.54, 1.807) is 7.11 Å². The van der Waals surface area contributed by atoms with Gasteiger partial charge in [-0.25, -0.2) is 0 Å². The molecular weight excluding hydrogens is 334 g/mol. The first-order valence-electron chi connectivity index (χ1n) is 7.50. The Balaban J connectivity index is 1.68. The molecule has 1 heterocycles. The van der Waals surface area contributed by atoms with Crippen LogP contribution in [0.1, 0.15) is 31.2 Å². The highest BCUT2D eigenvalue weighted by Gasteiger charge is 2.40. The monoisotopic (exact) mass is 355 g/mol. The fourth-order valence-corrected chi connectivity index (χ4v) is 3.80. The molecule has 21 heavy (non-hydrogen) atoms. The van der Waals surface area contributed by atoms with Crippen molar-refractivity contribution >= 4 is 21.6 Å². The molecular formula is C16H22BrNO3. The highest BCUT2D eigenvalue weighted by Crippen LogP contribution is 2.39. The third-order valence-electron chi connectivity index (χ3n) is 4.39. The van der Waals surface area contributed by atoms with Crippen LogP contribution in [0.15, 0.2) is 16.6 Å². The predicted molar refractivity (Wildman–Crippen MR) is 85.9 cm³/mol. The van der Waals surface area contributed by atoms with Crippen molar-refractivity contribution in [2.24, 2.45) is 0 Å². The summed E-state index contributed by atoms with van der Waals surface area (Å²) in [7, 11) is 1.71. The van der Waals surface area contributed by atoms with E-state index in [0.29, 0.717) is 6.04 Å². The van der Waals surface area contributed by atoms with E-state index in [-0.39, 0.29) is 5.79 Å². The van der Waals surface area contributed by atoms with Crippen molar-refractivity contribution in [3.63, 3.8) is 0 Å². The zero-order chi connectivity index (χ0) is 14.9. The summed E-state index contributed by atoms with van der Waals surface area (Å²) in [4.78, 5) is 0. The van der Waals surface area contributed by atoms with Crippen molar-refractivity contribution in [3.05, 3.63) is 22.2 Å². The number of nitrogens with one attached hydrogen (secondary N) is 1. The van der Waals surface area contributed by atoms with Crippen LogP contribution in [0.25, 0.3) is 0 Å². The number of halogens is 1. The Kier molecular flexibility index (Phi) is 4.43. The van der Waals surface area contributed by atoms with Gasteiger partial charge in [0.05, 0.1) is 26.0 Å². The Hall–Kier alpha value is -0.780. The van der Waals surface area contributed by atoms with E-state index in [9.17, 15) is 0 Å². The van der Waals surface area contributed by atoms with Crippen molar-refractivity contribution in [2.75, 3.05) is 25.6 Å². The second-order valence-electron chi connectivity index (χ2n) is 5.83. The van der Waals surface area contributed by atoms with E-state index in [1.165, 1.54) is 5.56 Å². The maximum Gasteiger partial charge on any atom is 0.168 e. The molecule has 0 bridgehead atoms. The molecule has 2 fully saturated rings. The highest BCUT2D eigenvalue weighted by atomic mass is 79.9. The maximum atomic E-state index is 5.78. The molecule has 1 N–H and O–H groups in total. The van der Waals surface area contributed by atoms with E-state index < -0.39 is 0 Å². The second-order valence-corrected chi connectivity index (χ2v) is 6.74. The summed E-state index contributed by atoms with van der Waals surface area (Å²) < 4.78 is 18.1. The van der Waals surface area contributed by atoms with Gasteiger partial charge in [-0.1, -0.05) is 15.9 Å². The number of aryl methyl sites for hydroxylation is 1. The van der Waals surface area contributed by atoms with Gasteiger partial charge in [-0.3, -0.25) is 0 Å². The van der Waals surface area contributed by atoms with Gasteiger partial charge in [0, 0.05) is 23.4 Å². The van der Waals surface area contributed by atoms with Gasteiger partial charge in [0.2, 0.25) is 0 Å². The number of ether oxygens (including phenoxy) is 3. The van der Waals surface area contributed by atoms with Crippen LogP contribution in [0, 0.1) is 6.92 Å². The predicted octanol–water partition coefficient (Wildman–Crippen LogP) is 3.86. The van der Waals surface area contributed by atoms with Gasteiger partial charge in [-0.2, -0.15) is 0 Å². The summed E-state index contributed by atoms with van der Waals surface area (Å²) in [6, 6.07) is 4.55. The number of rotatable bonds is 3. The molecule has 116 valence electrons. The van der Waals surface area contributed by atoms with Gasteiger partial charge in [-0.05, 0) is 37.5 Å². The van der Waals surface area contributed by atoms with Gasteiger partial charge in [0.1, 0.15) is 5.75 Å². The lowest BCUT2D eigenvalue weighted by atomic mass is 9.89. The van der Waals surface area contributed by atoms with E-state index in [1.807, 2.05) is 6.07 Å². The zero-order valence-electron chi connectivity index (χ0n) is 12.6. The average molecular weight is 356 g/mol. The Morgan fingerprint density at radius 3 is 2.52 bits per heavy atom. The number of hydrogen-bond donors (Lipinski definition) is 1. The Morgan fingerprint density at radius 1 is 1.24 bits per heavy atom. The van der Waals surface area contributed by atoms with Crippen LogP contribution in [0.2, 0.25) is 0 Å². The summed E-state index contributed by atoms with van der Waals surface area (Å²) in [5.41, 5.74) is 2.28. The van der Waals surface area contributed by atoms with Gasteiger partial charge in [0.15, 0.2) is 5.79 Å². The molecule has 1 saturated heterocycles. The minimum absolute atomic E-state index is 0.295. The smallest absolute Gasteiger partial charge is 0.168 e. The van der Waals surface area contributed by atoms with E-state index in [4.69, 9.17) is 14.2 Å². The lowest BCUT2D eigenvalue weighted by Gasteiger charge is -2.36. The molecule has 1 aromatic rings. The summed E-state index contributed by atoms with van der Waals surface area (Å²) in [5, 5.41) is 3.65. The fourth-order valence-electron chi connectivity index (χ4n) is 3.25. The molecule has 1 aliphatic carbocycles. The number of hydrogen-bond acceptors (Lipinski definition) is 4. The van der Waals surface area contributed by atoms with Crippen molar-refractivity contribution < 1.29 is 14.2 Å². The molecule has 0 unspecified atom stereocenters. The quantitative estimate of drug-likeness (QED) is 0.893.